The largest absolute Gasteiger partial charge is 0.480 e. The third-order valence-electron chi connectivity index (χ3n) is 1.28. The van der Waals surface area contributed by atoms with Gasteiger partial charge in [-0.1, -0.05) is 6.92 Å². The molecule has 0 aliphatic heterocycles. The molecule has 0 aliphatic carbocycles. The lowest BCUT2D eigenvalue weighted by atomic mass is 10.2. The van der Waals surface area contributed by atoms with Gasteiger partial charge in [0.1, 0.15) is 6.04 Å². The molecule has 0 fully saturated rings. The molecule has 1 atom stereocenters. The highest BCUT2D eigenvalue weighted by molar-refractivity contribution is 6.17. The quantitative estimate of drug-likeness (QED) is 0.226. The van der Waals surface area contributed by atoms with Gasteiger partial charge in [0.25, 0.3) is 0 Å². The molecule has 7 N–H and O–H groups in total. The number of nitrogens with zero attached hydrogens (tertiary/aromatic N) is 1. The van der Waals surface area contributed by atoms with Gasteiger partial charge in [-0.25, -0.2) is 0 Å². The van der Waals surface area contributed by atoms with Crippen molar-refractivity contribution in [3.05, 3.63) is 0 Å². The third-order valence-corrected chi connectivity index (χ3v) is 1.28. The Morgan fingerprint density at radius 1 is 1.53 bits per heavy atom. The first-order chi connectivity index (χ1) is 6.95. The number of aliphatic carboxylic acids is 1. The molecule has 0 saturated carbocycles. The van der Waals surface area contributed by atoms with Crippen LogP contribution in [0.4, 0.5) is 0 Å². The van der Waals surface area contributed by atoms with Gasteiger partial charge in [0.2, 0.25) is 0 Å². The Morgan fingerprint density at radius 3 is 2.33 bits per heavy atom. The lowest BCUT2D eigenvalue weighted by Crippen LogP contribution is -2.30. The fraction of sp³-hybridized carbons (Fsp3) is 0.750. The second-order valence-electron chi connectivity index (χ2n) is 2.66. The number of hydrogen-bond donors (Lipinski definition) is 4. The highest BCUT2D eigenvalue weighted by Crippen LogP contribution is 1.94. The molecule has 0 aromatic heterocycles. The molecular weight excluding hydrogens is 220 g/mol. The van der Waals surface area contributed by atoms with Gasteiger partial charge in [-0.05, 0) is 12.8 Å². The maximum absolute atomic E-state index is 10.2. The van der Waals surface area contributed by atoms with E-state index >= 15 is 0 Å². The van der Waals surface area contributed by atoms with Crippen molar-refractivity contribution in [2.45, 2.75) is 25.8 Å². The van der Waals surface area contributed by atoms with Crippen molar-refractivity contribution in [1.82, 2.24) is 0 Å². The Kier molecular flexibility index (Phi) is 12.1. The van der Waals surface area contributed by atoms with Crippen LogP contribution in [-0.2, 0) is 4.79 Å². The summed E-state index contributed by atoms with van der Waals surface area (Å²) < 4.78 is 0. The molecule has 0 rings (SSSR count). The molecule has 0 aliphatic rings. The molecule has 0 radical (unpaired) electrons. The number of alkyl halides is 1. The van der Waals surface area contributed by atoms with E-state index in [9.17, 15) is 4.79 Å². The van der Waals surface area contributed by atoms with Crippen LogP contribution in [0.15, 0.2) is 4.99 Å². The summed E-state index contributed by atoms with van der Waals surface area (Å²) in [5.41, 5.74) is 15.3. The predicted octanol–water partition coefficient (Wildman–Crippen LogP) is -0.303. The zero-order valence-corrected chi connectivity index (χ0v) is 9.57. The van der Waals surface area contributed by atoms with Gasteiger partial charge >= 0.3 is 5.97 Å². The normalized spacial score (nSPS) is 10.9. The highest BCUT2D eigenvalue weighted by Gasteiger charge is 2.09. The van der Waals surface area contributed by atoms with E-state index in [2.05, 4.69) is 4.99 Å². The average Bonchev–Trinajstić information content (AvgIpc) is 2.12. The van der Waals surface area contributed by atoms with Gasteiger partial charge < -0.3 is 22.3 Å². The van der Waals surface area contributed by atoms with Crippen molar-refractivity contribution in [2.24, 2.45) is 22.2 Å². The Labute approximate surface area is 94.5 Å². The van der Waals surface area contributed by atoms with Gasteiger partial charge in [0.05, 0.1) is 0 Å². The van der Waals surface area contributed by atoms with Crippen LogP contribution in [0.3, 0.4) is 0 Å². The van der Waals surface area contributed by atoms with Crippen LogP contribution >= 0.6 is 11.6 Å². The fourth-order valence-corrected chi connectivity index (χ4v) is 0.643. The first kappa shape index (κ1) is 16.4. The monoisotopic (exact) mass is 238 g/mol. The molecule has 0 aromatic rings. The summed E-state index contributed by atoms with van der Waals surface area (Å²) in [4.78, 5) is 13.9. The van der Waals surface area contributed by atoms with Crippen molar-refractivity contribution in [3.63, 3.8) is 0 Å². The summed E-state index contributed by atoms with van der Waals surface area (Å²) in [6.45, 7) is 2.31. The number of rotatable bonds is 5. The number of guanidine groups is 1. The molecule has 0 aromatic carbocycles. The average molecular weight is 239 g/mol. The third kappa shape index (κ3) is 15.7. The first-order valence-electron chi connectivity index (χ1n) is 4.55. The number of hydrogen-bond acceptors (Lipinski definition) is 3. The molecular formula is C8H19ClN4O2. The number of carboxylic acid groups (broad SMARTS) is 1. The summed E-state index contributed by atoms with van der Waals surface area (Å²) in [5, 5.41) is 8.38. The van der Waals surface area contributed by atoms with Crippen LogP contribution in [0, 0.1) is 0 Å². The van der Waals surface area contributed by atoms with Crippen molar-refractivity contribution in [3.8, 4) is 0 Å². The fourth-order valence-electron chi connectivity index (χ4n) is 0.643. The lowest BCUT2D eigenvalue weighted by molar-refractivity contribution is -0.138. The summed E-state index contributed by atoms with van der Waals surface area (Å²) in [7, 11) is 0. The van der Waals surface area contributed by atoms with Crippen LogP contribution in [0.5, 0.6) is 0 Å². The Bertz CT molecular complexity index is 195. The maximum atomic E-state index is 10.2. The second kappa shape index (κ2) is 11.1. The van der Waals surface area contributed by atoms with Gasteiger partial charge in [-0.2, -0.15) is 0 Å². The van der Waals surface area contributed by atoms with Gasteiger partial charge in [0, 0.05) is 12.4 Å². The smallest absolute Gasteiger partial charge is 0.320 e. The van der Waals surface area contributed by atoms with Crippen molar-refractivity contribution in [2.75, 3.05) is 12.4 Å². The number of aliphatic imine (C=N–C) groups is 1. The second-order valence-corrected chi connectivity index (χ2v) is 3.20. The highest BCUT2D eigenvalue weighted by atomic mass is 35.5. The Morgan fingerprint density at radius 2 is 2.00 bits per heavy atom. The molecule has 0 bridgehead atoms. The van der Waals surface area contributed by atoms with E-state index in [1.54, 1.807) is 0 Å². The van der Waals surface area contributed by atoms with E-state index in [1.807, 2.05) is 6.92 Å². The van der Waals surface area contributed by atoms with Gasteiger partial charge in [0.15, 0.2) is 5.96 Å². The van der Waals surface area contributed by atoms with Crippen molar-refractivity contribution >= 4 is 23.5 Å². The minimum absolute atomic E-state index is 0.0129. The zero-order chi connectivity index (χ0) is 12.3. The Hall–Kier alpha value is -1.01. The standard InChI is InChI=1S/C6H14N4O2.C2H5Cl/c7-4(5(11)12)2-1-3-10-6(8)9;1-2-3/h4H,1-3,7H2,(H,11,12)(H4,8,9,10);2H2,1H3. The van der Waals surface area contributed by atoms with Crippen LogP contribution in [0.25, 0.3) is 0 Å². The molecule has 6 nitrogen and oxygen atoms in total. The molecule has 0 heterocycles. The van der Waals surface area contributed by atoms with Gasteiger partial charge in [-0.3, -0.25) is 9.79 Å². The molecule has 15 heavy (non-hydrogen) atoms. The molecule has 0 amide bonds. The lowest BCUT2D eigenvalue weighted by Gasteiger charge is -2.03. The van der Waals surface area contributed by atoms with E-state index in [0.717, 1.165) is 5.88 Å². The van der Waals surface area contributed by atoms with Crippen LogP contribution < -0.4 is 17.2 Å². The minimum atomic E-state index is -1.00. The SMILES string of the molecule is CCCl.NC(N)=NCCCC(N)C(=O)O. The molecule has 0 saturated heterocycles. The predicted molar refractivity (Wildman–Crippen MR) is 61.9 cm³/mol. The number of carboxylic acids is 1. The van der Waals surface area contributed by atoms with E-state index in [4.69, 9.17) is 33.9 Å². The topological polar surface area (TPSA) is 128 Å². The van der Waals surface area contributed by atoms with Crippen LogP contribution in [-0.4, -0.2) is 35.5 Å². The molecule has 0 spiro atoms. The Balaban J connectivity index is 0. The first-order valence-corrected chi connectivity index (χ1v) is 5.08. The summed E-state index contributed by atoms with van der Waals surface area (Å²) in [6.07, 6.45) is 0.956. The van der Waals surface area contributed by atoms with E-state index in [-0.39, 0.29) is 5.96 Å². The van der Waals surface area contributed by atoms with Crippen LogP contribution in [0.1, 0.15) is 19.8 Å². The van der Waals surface area contributed by atoms with Crippen molar-refractivity contribution in [1.29, 1.82) is 0 Å². The zero-order valence-electron chi connectivity index (χ0n) is 8.82. The molecule has 90 valence electrons. The van der Waals surface area contributed by atoms with Crippen LogP contribution in [0.2, 0.25) is 0 Å². The van der Waals surface area contributed by atoms with E-state index in [0.29, 0.717) is 19.4 Å². The summed E-state index contributed by atoms with van der Waals surface area (Å²) in [5.74, 6) is -0.265. The minimum Gasteiger partial charge on any atom is -0.480 e. The van der Waals surface area contributed by atoms with Crippen molar-refractivity contribution < 1.29 is 9.90 Å². The number of nitrogens with two attached hydrogens (primary N) is 3. The summed E-state index contributed by atoms with van der Waals surface area (Å²) >= 11 is 5.00. The molecule has 7 heteroatoms. The molecule has 1 unspecified atom stereocenters. The maximum Gasteiger partial charge on any atom is 0.320 e. The van der Waals surface area contributed by atoms with E-state index in [1.165, 1.54) is 0 Å². The number of halogens is 1. The summed E-state index contributed by atoms with van der Waals surface area (Å²) in [6, 6.07) is -0.820. The number of carbonyl (C=O) groups is 1. The van der Waals surface area contributed by atoms with E-state index < -0.39 is 12.0 Å². The van der Waals surface area contributed by atoms with Gasteiger partial charge in [-0.15, -0.1) is 11.6 Å².